The predicted molar refractivity (Wildman–Crippen MR) is 78.0 cm³/mol. The standard InChI is InChI=1S/C16H10O4S/c17-12(13-6-3-7-21-13)8-11-14(18)9-4-1-2-5-10(9)15(19)16(11)20/h1-7,20H,8H2. The molecule has 1 aromatic heterocycles. The average Bonchev–Trinajstić information content (AvgIpc) is 3.03. The van der Waals surface area contributed by atoms with Crippen molar-refractivity contribution in [2.75, 3.05) is 0 Å². The highest BCUT2D eigenvalue weighted by atomic mass is 32.1. The van der Waals surface area contributed by atoms with Gasteiger partial charge in [-0.25, -0.2) is 0 Å². The molecule has 21 heavy (non-hydrogen) atoms. The van der Waals surface area contributed by atoms with Crippen LogP contribution in [-0.4, -0.2) is 22.5 Å². The number of carbonyl (C=O) groups excluding carboxylic acids is 3. The largest absolute Gasteiger partial charge is 0.504 e. The van der Waals surface area contributed by atoms with Crippen molar-refractivity contribution in [1.29, 1.82) is 0 Å². The van der Waals surface area contributed by atoms with E-state index in [1.54, 1.807) is 29.6 Å². The quantitative estimate of drug-likeness (QED) is 0.883. The summed E-state index contributed by atoms with van der Waals surface area (Å²) < 4.78 is 0. The van der Waals surface area contributed by atoms with Gasteiger partial charge in [-0.1, -0.05) is 30.3 Å². The van der Waals surface area contributed by atoms with Crippen LogP contribution in [0.25, 0.3) is 0 Å². The highest BCUT2D eigenvalue weighted by Gasteiger charge is 2.33. The first-order valence-electron chi connectivity index (χ1n) is 6.27. The van der Waals surface area contributed by atoms with Crippen LogP contribution in [0.1, 0.15) is 36.8 Å². The van der Waals surface area contributed by atoms with Gasteiger partial charge in [0.15, 0.2) is 17.3 Å². The maximum Gasteiger partial charge on any atom is 0.228 e. The van der Waals surface area contributed by atoms with Crippen LogP contribution in [0.5, 0.6) is 0 Å². The number of ketones is 3. The minimum absolute atomic E-state index is 0.128. The van der Waals surface area contributed by atoms with Crippen LogP contribution >= 0.6 is 11.3 Å². The second-order valence-electron chi connectivity index (χ2n) is 4.61. The van der Waals surface area contributed by atoms with Crippen molar-refractivity contribution >= 4 is 28.7 Å². The summed E-state index contributed by atoms with van der Waals surface area (Å²) in [6.45, 7) is 0. The molecular formula is C16H10O4S. The molecule has 0 radical (unpaired) electrons. The Morgan fingerprint density at radius 1 is 1.00 bits per heavy atom. The van der Waals surface area contributed by atoms with Crippen molar-refractivity contribution in [3.8, 4) is 0 Å². The fourth-order valence-corrected chi connectivity index (χ4v) is 2.93. The van der Waals surface area contributed by atoms with Crippen LogP contribution in [0.3, 0.4) is 0 Å². The summed E-state index contributed by atoms with van der Waals surface area (Å²) in [6, 6.07) is 9.66. The molecule has 0 saturated heterocycles. The molecule has 1 aliphatic rings. The lowest BCUT2D eigenvalue weighted by atomic mass is 9.86. The number of thiophene rings is 1. The molecule has 0 atom stereocenters. The van der Waals surface area contributed by atoms with Gasteiger partial charge in [-0.15, -0.1) is 11.3 Å². The molecule has 4 nitrogen and oxygen atoms in total. The van der Waals surface area contributed by atoms with Crippen LogP contribution in [-0.2, 0) is 0 Å². The van der Waals surface area contributed by atoms with E-state index in [0.717, 1.165) is 0 Å². The Morgan fingerprint density at radius 3 is 2.29 bits per heavy atom. The minimum Gasteiger partial charge on any atom is -0.504 e. The number of hydrogen-bond acceptors (Lipinski definition) is 5. The molecular weight excluding hydrogens is 288 g/mol. The van der Waals surface area contributed by atoms with Gasteiger partial charge < -0.3 is 5.11 Å². The highest BCUT2D eigenvalue weighted by Crippen LogP contribution is 2.28. The van der Waals surface area contributed by atoms with E-state index in [4.69, 9.17) is 0 Å². The maximum atomic E-state index is 12.4. The van der Waals surface area contributed by atoms with Crippen molar-refractivity contribution in [3.63, 3.8) is 0 Å². The molecule has 0 bridgehead atoms. The number of aliphatic hydroxyl groups excluding tert-OH is 1. The van der Waals surface area contributed by atoms with Gasteiger partial charge in [0.05, 0.1) is 10.5 Å². The summed E-state index contributed by atoms with van der Waals surface area (Å²) >= 11 is 1.26. The molecule has 1 heterocycles. The number of carbonyl (C=O) groups is 3. The summed E-state index contributed by atoms with van der Waals surface area (Å²) in [5, 5.41) is 11.7. The molecule has 0 spiro atoms. The fourth-order valence-electron chi connectivity index (χ4n) is 2.26. The summed E-state index contributed by atoms with van der Waals surface area (Å²) in [6.07, 6.45) is -0.273. The predicted octanol–water partition coefficient (Wildman–Crippen LogP) is 3.21. The molecule has 0 aliphatic heterocycles. The summed E-state index contributed by atoms with van der Waals surface area (Å²) in [4.78, 5) is 37.0. The van der Waals surface area contributed by atoms with Crippen LogP contribution in [0.2, 0.25) is 0 Å². The lowest BCUT2D eigenvalue weighted by Crippen LogP contribution is -2.23. The first-order chi connectivity index (χ1) is 10.1. The molecule has 1 aromatic carbocycles. The van der Waals surface area contributed by atoms with Crippen LogP contribution < -0.4 is 0 Å². The van der Waals surface area contributed by atoms with Gasteiger partial charge in [0.2, 0.25) is 5.78 Å². The molecule has 104 valence electrons. The molecule has 5 heteroatoms. The molecule has 0 fully saturated rings. The number of fused-ring (bicyclic) bond motifs is 1. The zero-order valence-electron chi connectivity index (χ0n) is 10.8. The zero-order valence-corrected chi connectivity index (χ0v) is 11.6. The third-order valence-electron chi connectivity index (χ3n) is 3.32. The first kappa shape index (κ1) is 13.5. The second kappa shape index (κ2) is 5.10. The monoisotopic (exact) mass is 298 g/mol. The smallest absolute Gasteiger partial charge is 0.228 e. The van der Waals surface area contributed by atoms with Crippen molar-refractivity contribution in [3.05, 3.63) is 69.1 Å². The van der Waals surface area contributed by atoms with Crippen molar-refractivity contribution in [2.24, 2.45) is 0 Å². The van der Waals surface area contributed by atoms with Crippen LogP contribution in [0, 0.1) is 0 Å². The van der Waals surface area contributed by atoms with Crippen molar-refractivity contribution < 1.29 is 19.5 Å². The van der Waals surface area contributed by atoms with E-state index >= 15 is 0 Å². The Kier molecular flexibility index (Phi) is 3.27. The van der Waals surface area contributed by atoms with E-state index in [9.17, 15) is 19.5 Å². The van der Waals surface area contributed by atoms with Crippen molar-refractivity contribution in [1.82, 2.24) is 0 Å². The Bertz CT molecular complexity index is 784. The van der Waals surface area contributed by atoms with Gasteiger partial charge in [-0.3, -0.25) is 14.4 Å². The fraction of sp³-hybridized carbons (Fsp3) is 0.0625. The van der Waals surface area contributed by atoms with Crippen molar-refractivity contribution in [2.45, 2.75) is 6.42 Å². The van der Waals surface area contributed by atoms with E-state index in [1.165, 1.54) is 23.5 Å². The minimum atomic E-state index is -0.622. The molecule has 1 aliphatic carbocycles. The zero-order chi connectivity index (χ0) is 15.0. The second-order valence-corrected chi connectivity index (χ2v) is 5.56. The summed E-state index contributed by atoms with van der Waals surface area (Å²) in [7, 11) is 0. The third-order valence-corrected chi connectivity index (χ3v) is 4.24. The molecule has 1 N–H and O–H groups in total. The van der Waals surface area contributed by atoms with Gasteiger partial charge in [0.1, 0.15) is 0 Å². The van der Waals surface area contributed by atoms with Gasteiger partial charge in [0.25, 0.3) is 0 Å². The highest BCUT2D eigenvalue weighted by molar-refractivity contribution is 7.12. The van der Waals surface area contributed by atoms with E-state index in [-0.39, 0.29) is 28.9 Å². The van der Waals surface area contributed by atoms with E-state index in [2.05, 4.69) is 0 Å². The lowest BCUT2D eigenvalue weighted by Gasteiger charge is -2.16. The summed E-state index contributed by atoms with van der Waals surface area (Å²) in [5.74, 6) is -1.98. The van der Waals surface area contributed by atoms with Gasteiger partial charge in [-0.05, 0) is 11.4 Å². The first-order valence-corrected chi connectivity index (χ1v) is 7.15. The maximum absolute atomic E-state index is 12.4. The molecule has 2 aromatic rings. The number of allylic oxidation sites excluding steroid dienone is 2. The third kappa shape index (κ3) is 2.21. The van der Waals surface area contributed by atoms with E-state index < -0.39 is 17.3 Å². The lowest BCUT2D eigenvalue weighted by molar-refractivity contribution is 0.0911. The summed E-state index contributed by atoms with van der Waals surface area (Å²) in [5.41, 5.74) is 0.277. The normalized spacial score (nSPS) is 14.3. The van der Waals surface area contributed by atoms with E-state index in [1.807, 2.05) is 0 Å². The molecule has 0 saturated carbocycles. The molecule has 0 unspecified atom stereocenters. The van der Waals surface area contributed by atoms with Crippen LogP contribution in [0.4, 0.5) is 0 Å². The Labute approximate surface area is 124 Å². The Balaban J connectivity index is 1.99. The Hall–Kier alpha value is -2.53. The Morgan fingerprint density at radius 2 is 1.67 bits per heavy atom. The molecule has 0 amide bonds. The van der Waals surface area contributed by atoms with Crippen LogP contribution in [0.15, 0.2) is 53.1 Å². The number of aliphatic hydroxyl groups is 1. The number of benzene rings is 1. The van der Waals surface area contributed by atoms with Gasteiger partial charge >= 0.3 is 0 Å². The average molecular weight is 298 g/mol. The van der Waals surface area contributed by atoms with E-state index in [0.29, 0.717) is 4.88 Å². The molecule has 3 rings (SSSR count). The SMILES string of the molecule is O=C(CC1=C(O)C(=O)c2ccccc2C1=O)c1cccs1. The van der Waals surface area contributed by atoms with Gasteiger partial charge in [0, 0.05) is 17.5 Å². The number of hydrogen-bond donors (Lipinski definition) is 1. The van der Waals surface area contributed by atoms with Gasteiger partial charge in [-0.2, -0.15) is 0 Å². The topological polar surface area (TPSA) is 71.4 Å². The number of Topliss-reactive ketones (excluding diaryl/α,β-unsaturated/α-hetero) is 3. The number of rotatable bonds is 3.